The molecular formula is C16H22N2O3. The lowest BCUT2D eigenvalue weighted by Crippen LogP contribution is -2.47. The van der Waals surface area contributed by atoms with E-state index >= 15 is 0 Å². The Labute approximate surface area is 125 Å². The number of carbonyl (C=O) groups excluding carboxylic acids is 1. The van der Waals surface area contributed by atoms with Crippen LogP contribution >= 0.6 is 0 Å². The number of ether oxygens (including phenoxy) is 2. The summed E-state index contributed by atoms with van der Waals surface area (Å²) in [6, 6.07) is 8.29. The topological polar surface area (TPSA) is 59.6 Å². The number of hydrogen-bond donors (Lipinski definition) is 2. The Morgan fingerprint density at radius 2 is 2.24 bits per heavy atom. The van der Waals surface area contributed by atoms with Gasteiger partial charge in [-0.1, -0.05) is 18.2 Å². The lowest BCUT2D eigenvalue weighted by atomic mass is 9.87. The minimum absolute atomic E-state index is 0.0261. The zero-order valence-electron chi connectivity index (χ0n) is 12.3. The highest BCUT2D eigenvalue weighted by atomic mass is 16.6. The summed E-state index contributed by atoms with van der Waals surface area (Å²) in [5.41, 5.74) is 2.34. The molecule has 0 aromatic heterocycles. The number of amides is 1. The van der Waals surface area contributed by atoms with E-state index in [2.05, 4.69) is 29.7 Å². The molecule has 114 valence electrons. The lowest BCUT2D eigenvalue weighted by molar-refractivity contribution is -0.128. The van der Waals surface area contributed by atoms with Gasteiger partial charge in [-0.15, -0.1) is 0 Å². The van der Waals surface area contributed by atoms with Gasteiger partial charge in [0.25, 0.3) is 0 Å². The van der Waals surface area contributed by atoms with Crippen molar-refractivity contribution in [2.45, 2.75) is 25.5 Å². The maximum Gasteiger partial charge on any atom is 0.225 e. The van der Waals surface area contributed by atoms with Crippen LogP contribution in [-0.4, -0.2) is 44.4 Å². The van der Waals surface area contributed by atoms with Gasteiger partial charge in [-0.2, -0.15) is 0 Å². The first kappa shape index (κ1) is 14.4. The minimum Gasteiger partial charge on any atom is -0.382 e. The van der Waals surface area contributed by atoms with Gasteiger partial charge in [-0.3, -0.25) is 4.79 Å². The standard InChI is InChI=1S/C16H22N2O3/c1-11-14(8-12-4-2-3-5-15(12)18-11)16(19)17-9-13-10-20-6-7-21-13/h2-5,11,13-14,18H,6-10H2,1H3,(H,17,19). The van der Waals surface area contributed by atoms with Crippen LogP contribution in [0, 0.1) is 5.92 Å². The Hall–Kier alpha value is -1.59. The fraction of sp³-hybridized carbons (Fsp3) is 0.562. The fourth-order valence-electron chi connectivity index (χ4n) is 2.92. The van der Waals surface area contributed by atoms with E-state index in [1.165, 1.54) is 5.56 Å². The van der Waals surface area contributed by atoms with Crippen molar-refractivity contribution in [3.63, 3.8) is 0 Å². The summed E-state index contributed by atoms with van der Waals surface area (Å²) < 4.78 is 10.9. The number of carbonyl (C=O) groups is 1. The summed E-state index contributed by atoms with van der Waals surface area (Å²) in [5, 5.41) is 6.41. The molecule has 5 nitrogen and oxygen atoms in total. The van der Waals surface area contributed by atoms with Crippen LogP contribution in [0.4, 0.5) is 5.69 Å². The molecule has 0 aliphatic carbocycles. The first-order valence-corrected chi connectivity index (χ1v) is 7.55. The van der Waals surface area contributed by atoms with Gasteiger partial charge in [0.1, 0.15) is 0 Å². The molecule has 3 rings (SSSR count). The molecule has 0 spiro atoms. The number of nitrogens with one attached hydrogen (secondary N) is 2. The maximum atomic E-state index is 12.4. The second-order valence-electron chi connectivity index (χ2n) is 5.71. The zero-order valence-corrected chi connectivity index (χ0v) is 12.3. The Bertz CT molecular complexity index is 500. The van der Waals surface area contributed by atoms with E-state index in [1.807, 2.05) is 12.1 Å². The number of rotatable bonds is 3. The Kier molecular flexibility index (Phi) is 4.41. The van der Waals surface area contributed by atoms with Gasteiger partial charge in [0, 0.05) is 18.3 Å². The van der Waals surface area contributed by atoms with Gasteiger partial charge < -0.3 is 20.1 Å². The van der Waals surface area contributed by atoms with Gasteiger partial charge in [-0.05, 0) is 25.0 Å². The average Bonchev–Trinajstić information content (AvgIpc) is 2.53. The van der Waals surface area contributed by atoms with Crippen LogP contribution in [0.5, 0.6) is 0 Å². The van der Waals surface area contributed by atoms with Gasteiger partial charge >= 0.3 is 0 Å². The summed E-state index contributed by atoms with van der Waals surface area (Å²) in [7, 11) is 0. The molecule has 5 heteroatoms. The largest absolute Gasteiger partial charge is 0.382 e. The summed E-state index contributed by atoms with van der Waals surface area (Å²) >= 11 is 0. The van der Waals surface area contributed by atoms with E-state index in [0.29, 0.717) is 26.4 Å². The highest BCUT2D eigenvalue weighted by Crippen LogP contribution is 2.28. The normalized spacial score (nSPS) is 28.3. The minimum atomic E-state index is -0.0515. The van der Waals surface area contributed by atoms with Crippen LogP contribution in [-0.2, 0) is 20.7 Å². The number of hydrogen-bond acceptors (Lipinski definition) is 4. The monoisotopic (exact) mass is 290 g/mol. The van der Waals surface area contributed by atoms with Crippen molar-refractivity contribution >= 4 is 11.6 Å². The Morgan fingerprint density at radius 1 is 1.38 bits per heavy atom. The predicted octanol–water partition coefficient (Wildman–Crippen LogP) is 1.19. The van der Waals surface area contributed by atoms with Crippen LogP contribution in [0.3, 0.4) is 0 Å². The number of benzene rings is 1. The van der Waals surface area contributed by atoms with Crippen molar-refractivity contribution < 1.29 is 14.3 Å². The van der Waals surface area contributed by atoms with Crippen LogP contribution in [0.2, 0.25) is 0 Å². The molecule has 2 heterocycles. The molecule has 0 radical (unpaired) electrons. The van der Waals surface area contributed by atoms with E-state index in [0.717, 1.165) is 12.1 Å². The maximum absolute atomic E-state index is 12.4. The van der Waals surface area contributed by atoms with E-state index < -0.39 is 0 Å². The number of anilines is 1. The van der Waals surface area contributed by atoms with E-state index in [9.17, 15) is 4.79 Å². The molecule has 1 saturated heterocycles. The Morgan fingerprint density at radius 3 is 3.05 bits per heavy atom. The van der Waals surface area contributed by atoms with E-state index in [-0.39, 0.29) is 24.0 Å². The van der Waals surface area contributed by atoms with E-state index in [4.69, 9.17) is 9.47 Å². The van der Waals surface area contributed by atoms with Crippen molar-refractivity contribution in [3.05, 3.63) is 29.8 Å². The van der Waals surface area contributed by atoms with Gasteiger partial charge in [0.15, 0.2) is 0 Å². The van der Waals surface area contributed by atoms with Crippen LogP contribution in [0.15, 0.2) is 24.3 Å². The third-order valence-electron chi connectivity index (χ3n) is 4.17. The molecule has 0 bridgehead atoms. The van der Waals surface area contributed by atoms with Crippen LogP contribution < -0.4 is 10.6 Å². The van der Waals surface area contributed by atoms with Crippen LogP contribution in [0.1, 0.15) is 12.5 Å². The molecule has 2 aliphatic heterocycles. The highest BCUT2D eigenvalue weighted by molar-refractivity contribution is 5.81. The summed E-state index contributed by atoms with van der Waals surface area (Å²) in [5.74, 6) is 0.0306. The van der Waals surface area contributed by atoms with Crippen LogP contribution in [0.25, 0.3) is 0 Å². The third kappa shape index (κ3) is 3.36. The molecule has 3 atom stereocenters. The molecule has 1 fully saturated rings. The molecule has 1 amide bonds. The van der Waals surface area contributed by atoms with Gasteiger partial charge in [0.05, 0.1) is 31.8 Å². The molecule has 1 aromatic carbocycles. The van der Waals surface area contributed by atoms with Crippen molar-refractivity contribution in [1.29, 1.82) is 0 Å². The lowest BCUT2D eigenvalue weighted by Gasteiger charge is -2.32. The average molecular weight is 290 g/mol. The highest BCUT2D eigenvalue weighted by Gasteiger charge is 2.30. The first-order valence-electron chi connectivity index (χ1n) is 7.55. The predicted molar refractivity (Wildman–Crippen MR) is 80.3 cm³/mol. The number of fused-ring (bicyclic) bond motifs is 1. The van der Waals surface area contributed by atoms with Crippen molar-refractivity contribution in [1.82, 2.24) is 5.32 Å². The SMILES string of the molecule is CC1Nc2ccccc2CC1C(=O)NCC1COCCO1. The van der Waals surface area contributed by atoms with Crippen molar-refractivity contribution in [2.75, 3.05) is 31.7 Å². The zero-order chi connectivity index (χ0) is 14.7. The quantitative estimate of drug-likeness (QED) is 0.878. The first-order chi connectivity index (χ1) is 10.2. The third-order valence-corrected chi connectivity index (χ3v) is 4.17. The van der Waals surface area contributed by atoms with Crippen molar-refractivity contribution in [3.8, 4) is 0 Å². The number of para-hydroxylation sites is 1. The molecule has 21 heavy (non-hydrogen) atoms. The Balaban J connectivity index is 1.57. The summed E-state index contributed by atoms with van der Waals surface area (Å²) in [4.78, 5) is 12.4. The van der Waals surface area contributed by atoms with Gasteiger partial charge in [-0.25, -0.2) is 0 Å². The van der Waals surface area contributed by atoms with Crippen molar-refractivity contribution in [2.24, 2.45) is 5.92 Å². The summed E-state index contributed by atoms with van der Waals surface area (Å²) in [6.07, 6.45) is 0.750. The van der Waals surface area contributed by atoms with E-state index in [1.54, 1.807) is 0 Å². The molecule has 1 aromatic rings. The van der Waals surface area contributed by atoms with Gasteiger partial charge in [0.2, 0.25) is 5.91 Å². The molecule has 2 N–H and O–H groups in total. The molecule has 0 saturated carbocycles. The summed E-state index contributed by atoms with van der Waals surface area (Å²) in [6.45, 7) is 4.38. The second-order valence-corrected chi connectivity index (χ2v) is 5.71. The molecule has 3 unspecified atom stereocenters. The molecule has 2 aliphatic rings. The second kappa shape index (κ2) is 6.45. The molecular weight excluding hydrogens is 268 g/mol. The fourth-order valence-corrected chi connectivity index (χ4v) is 2.92. The smallest absolute Gasteiger partial charge is 0.225 e.